The molecule has 6 heteroatoms. The third kappa shape index (κ3) is 2.86. The molecule has 0 amide bonds. The number of benzene rings is 2. The van der Waals surface area contributed by atoms with Gasteiger partial charge >= 0.3 is 0 Å². The molecule has 0 radical (unpaired) electrons. The molecule has 0 bridgehead atoms. The van der Waals surface area contributed by atoms with Crippen LogP contribution in [0.5, 0.6) is 0 Å². The molecule has 4 nitrogen and oxygen atoms in total. The topological polar surface area (TPSA) is 56.0 Å². The third-order valence-electron chi connectivity index (χ3n) is 2.98. The first-order valence-corrected chi connectivity index (χ1v) is 7.77. The zero-order valence-electron chi connectivity index (χ0n) is 10.7. The van der Waals surface area contributed by atoms with Crippen LogP contribution in [-0.4, -0.2) is 9.91 Å². The number of nitro groups is 1. The summed E-state index contributed by atoms with van der Waals surface area (Å²) in [5.41, 5.74) is 2.81. The highest BCUT2D eigenvalue weighted by Gasteiger charge is 2.10. The highest BCUT2D eigenvalue weighted by atomic mass is 79.9. The van der Waals surface area contributed by atoms with E-state index in [0.717, 1.165) is 26.3 Å². The molecule has 0 aliphatic rings. The molecule has 0 spiro atoms. The lowest BCUT2D eigenvalue weighted by Gasteiger charge is -1.99. The molecule has 0 N–H and O–H groups in total. The molecule has 0 unspecified atom stereocenters. The van der Waals surface area contributed by atoms with Gasteiger partial charge in [0.1, 0.15) is 5.01 Å². The minimum Gasteiger partial charge on any atom is -0.258 e. The second-order valence-electron chi connectivity index (χ2n) is 4.32. The Morgan fingerprint density at radius 1 is 1.10 bits per heavy atom. The lowest BCUT2D eigenvalue weighted by atomic mass is 10.1. The van der Waals surface area contributed by atoms with Crippen LogP contribution in [0.3, 0.4) is 0 Å². The van der Waals surface area contributed by atoms with Gasteiger partial charge < -0.3 is 0 Å². The van der Waals surface area contributed by atoms with Gasteiger partial charge in [0.25, 0.3) is 5.69 Å². The largest absolute Gasteiger partial charge is 0.269 e. The van der Waals surface area contributed by atoms with Gasteiger partial charge in [0.15, 0.2) is 0 Å². The average Bonchev–Trinajstić information content (AvgIpc) is 2.97. The van der Waals surface area contributed by atoms with Crippen molar-refractivity contribution in [2.75, 3.05) is 0 Å². The summed E-state index contributed by atoms with van der Waals surface area (Å²) in [4.78, 5) is 14.9. The Kier molecular flexibility index (Phi) is 3.81. The minimum atomic E-state index is -0.405. The summed E-state index contributed by atoms with van der Waals surface area (Å²) in [5.74, 6) is 0. The Balaban J connectivity index is 1.95. The first-order chi connectivity index (χ1) is 10.1. The highest BCUT2D eigenvalue weighted by molar-refractivity contribution is 9.10. The van der Waals surface area contributed by atoms with Gasteiger partial charge in [0.05, 0.1) is 10.6 Å². The predicted octanol–water partition coefficient (Wildman–Crippen LogP) is 5.15. The van der Waals surface area contributed by atoms with Crippen molar-refractivity contribution in [3.05, 3.63) is 68.5 Å². The molecule has 0 saturated heterocycles. The van der Waals surface area contributed by atoms with Crippen LogP contribution in [0.25, 0.3) is 21.8 Å². The van der Waals surface area contributed by atoms with Gasteiger partial charge in [-0.2, -0.15) is 0 Å². The molecular weight excluding hydrogens is 352 g/mol. The summed E-state index contributed by atoms with van der Waals surface area (Å²) in [6, 6.07) is 14.3. The number of halogens is 1. The summed E-state index contributed by atoms with van der Waals surface area (Å²) < 4.78 is 0.995. The minimum absolute atomic E-state index is 0.0833. The number of thiazole rings is 1. The number of non-ortho nitro benzene ring substituents is 1. The number of nitro benzene ring substituents is 1. The van der Waals surface area contributed by atoms with Crippen molar-refractivity contribution in [1.82, 2.24) is 4.98 Å². The highest BCUT2D eigenvalue weighted by Crippen LogP contribution is 2.33. The summed E-state index contributed by atoms with van der Waals surface area (Å²) in [6.07, 6.45) is 0. The Hall–Kier alpha value is -2.05. The average molecular weight is 361 g/mol. The van der Waals surface area contributed by atoms with Gasteiger partial charge in [0.2, 0.25) is 0 Å². The van der Waals surface area contributed by atoms with Crippen molar-refractivity contribution in [2.45, 2.75) is 0 Å². The smallest absolute Gasteiger partial charge is 0.258 e. The van der Waals surface area contributed by atoms with E-state index in [2.05, 4.69) is 20.9 Å². The molecule has 0 aliphatic heterocycles. The molecule has 1 heterocycles. The van der Waals surface area contributed by atoms with Gasteiger partial charge in [-0.1, -0.05) is 34.1 Å². The van der Waals surface area contributed by atoms with Crippen molar-refractivity contribution < 1.29 is 4.92 Å². The number of aromatic nitrogens is 1. The molecule has 3 aromatic rings. The van der Waals surface area contributed by atoms with Crippen LogP contribution < -0.4 is 0 Å². The normalized spacial score (nSPS) is 10.5. The van der Waals surface area contributed by atoms with E-state index in [1.165, 1.54) is 12.1 Å². The quantitative estimate of drug-likeness (QED) is 0.479. The summed E-state index contributed by atoms with van der Waals surface area (Å²) in [5, 5.41) is 13.5. The van der Waals surface area contributed by atoms with Gasteiger partial charge in [-0.3, -0.25) is 10.1 Å². The van der Waals surface area contributed by atoms with Crippen molar-refractivity contribution in [3.63, 3.8) is 0 Å². The van der Waals surface area contributed by atoms with Crippen LogP contribution in [0, 0.1) is 10.1 Å². The molecule has 0 aliphatic carbocycles. The van der Waals surface area contributed by atoms with E-state index in [1.807, 2.05) is 29.6 Å². The fourth-order valence-corrected chi connectivity index (χ4v) is 3.39. The Morgan fingerprint density at radius 3 is 2.48 bits per heavy atom. The van der Waals surface area contributed by atoms with Crippen LogP contribution >= 0.6 is 27.3 Å². The molecule has 0 atom stereocenters. The lowest BCUT2D eigenvalue weighted by molar-refractivity contribution is -0.384. The molecule has 3 rings (SSSR count). The number of hydrogen-bond donors (Lipinski definition) is 0. The standard InChI is InChI=1S/C15H9BrN2O2S/c16-13-4-2-1-3-12(13)15-17-14(9-21-15)10-5-7-11(8-6-10)18(19)20/h1-9H. The third-order valence-corrected chi connectivity index (χ3v) is 4.55. The fraction of sp³-hybridized carbons (Fsp3) is 0. The van der Waals surface area contributed by atoms with E-state index < -0.39 is 4.92 Å². The Bertz CT molecular complexity index is 799. The second-order valence-corrected chi connectivity index (χ2v) is 6.03. The van der Waals surface area contributed by atoms with Crippen LogP contribution in [0.4, 0.5) is 5.69 Å². The molecule has 0 fully saturated rings. The summed E-state index contributed by atoms with van der Waals surface area (Å²) >= 11 is 5.06. The van der Waals surface area contributed by atoms with Gasteiger partial charge in [-0.15, -0.1) is 11.3 Å². The van der Waals surface area contributed by atoms with Crippen molar-refractivity contribution in [3.8, 4) is 21.8 Å². The second kappa shape index (κ2) is 5.75. The van der Waals surface area contributed by atoms with Crippen LogP contribution in [-0.2, 0) is 0 Å². The fourth-order valence-electron chi connectivity index (χ4n) is 1.92. The zero-order valence-corrected chi connectivity index (χ0v) is 13.1. The Morgan fingerprint density at radius 2 is 1.81 bits per heavy atom. The molecule has 104 valence electrons. The van der Waals surface area contributed by atoms with E-state index in [4.69, 9.17) is 0 Å². The van der Waals surface area contributed by atoms with Crippen molar-refractivity contribution in [1.29, 1.82) is 0 Å². The molecule has 1 aromatic heterocycles. The maximum atomic E-state index is 10.7. The Labute approximate surface area is 133 Å². The molecule has 21 heavy (non-hydrogen) atoms. The molecule has 2 aromatic carbocycles. The first kappa shape index (κ1) is 13.9. The van der Waals surface area contributed by atoms with E-state index >= 15 is 0 Å². The van der Waals surface area contributed by atoms with E-state index in [-0.39, 0.29) is 5.69 Å². The maximum Gasteiger partial charge on any atom is 0.269 e. The van der Waals surface area contributed by atoms with Crippen LogP contribution in [0.2, 0.25) is 0 Å². The lowest BCUT2D eigenvalue weighted by Crippen LogP contribution is -1.87. The van der Waals surface area contributed by atoms with Crippen molar-refractivity contribution >= 4 is 33.0 Å². The van der Waals surface area contributed by atoms with E-state index in [9.17, 15) is 10.1 Å². The summed E-state index contributed by atoms with van der Waals surface area (Å²) in [7, 11) is 0. The molecule has 0 saturated carbocycles. The van der Waals surface area contributed by atoms with Gasteiger partial charge in [-0.25, -0.2) is 4.98 Å². The van der Waals surface area contributed by atoms with E-state index in [1.54, 1.807) is 23.5 Å². The monoisotopic (exact) mass is 360 g/mol. The number of hydrogen-bond acceptors (Lipinski definition) is 4. The number of rotatable bonds is 3. The zero-order chi connectivity index (χ0) is 14.8. The van der Waals surface area contributed by atoms with Crippen LogP contribution in [0.15, 0.2) is 58.4 Å². The van der Waals surface area contributed by atoms with Gasteiger partial charge in [-0.05, 0) is 18.2 Å². The summed E-state index contributed by atoms with van der Waals surface area (Å²) in [6.45, 7) is 0. The molecular formula is C15H9BrN2O2S. The maximum absolute atomic E-state index is 10.7. The van der Waals surface area contributed by atoms with Crippen molar-refractivity contribution in [2.24, 2.45) is 0 Å². The predicted molar refractivity (Wildman–Crippen MR) is 87.3 cm³/mol. The van der Waals surface area contributed by atoms with E-state index in [0.29, 0.717) is 0 Å². The van der Waals surface area contributed by atoms with Crippen LogP contribution in [0.1, 0.15) is 0 Å². The van der Waals surface area contributed by atoms with Gasteiger partial charge in [0, 0.05) is 33.1 Å². The SMILES string of the molecule is O=[N+]([O-])c1ccc(-c2csc(-c3ccccc3Br)n2)cc1. The number of nitrogens with zero attached hydrogens (tertiary/aromatic N) is 2. The first-order valence-electron chi connectivity index (χ1n) is 6.10.